The van der Waals surface area contributed by atoms with E-state index in [-0.39, 0.29) is 29.7 Å². The van der Waals surface area contributed by atoms with Gasteiger partial charge in [0.2, 0.25) is 0 Å². The van der Waals surface area contributed by atoms with E-state index in [1.54, 1.807) is 31.3 Å². The molecule has 5 aromatic rings. The maximum atomic E-state index is 8.45. The summed E-state index contributed by atoms with van der Waals surface area (Å²) in [6.45, 7) is 3.42. The summed E-state index contributed by atoms with van der Waals surface area (Å²) in [6, 6.07) is 16.0. The van der Waals surface area contributed by atoms with E-state index < -0.39 is 0 Å². The van der Waals surface area contributed by atoms with Gasteiger partial charge in [0, 0.05) is 31.3 Å². The second-order valence-electron chi connectivity index (χ2n) is 6.49. The molecule has 130 valence electrons. The molecule has 0 fully saturated rings. The van der Waals surface area contributed by atoms with Gasteiger partial charge >= 0.3 is 0 Å². The molecule has 3 heteroatoms. The molecule has 2 nitrogen and oxygen atoms in total. The molecule has 0 saturated carbocycles. The van der Waals surface area contributed by atoms with E-state index in [2.05, 4.69) is 34.2 Å². The van der Waals surface area contributed by atoms with Crippen molar-refractivity contribution in [3.8, 4) is 22.5 Å². The number of aromatic nitrogens is 2. The van der Waals surface area contributed by atoms with Crippen molar-refractivity contribution in [3.05, 3.63) is 84.1 Å². The number of rotatable bonds is 2. The first-order chi connectivity index (χ1) is 14.8. The predicted octanol–water partition coefficient (Wildman–Crippen LogP) is 6.80. The summed E-state index contributed by atoms with van der Waals surface area (Å²) in [6.07, 6.45) is 0. The molecule has 0 unspecified atom stereocenters. The first-order valence-corrected chi connectivity index (χ1v) is 9.51. The van der Waals surface area contributed by atoms with Crippen molar-refractivity contribution >= 4 is 31.5 Å². The average molecular weight is 371 g/mol. The highest BCUT2D eigenvalue weighted by Gasteiger charge is 2.10. The Hall–Kier alpha value is -3.04. The molecular weight excluding hydrogens is 348 g/mol. The lowest BCUT2D eigenvalue weighted by molar-refractivity contribution is 1.06. The molecule has 2 heterocycles. The molecule has 5 rings (SSSR count). The third-order valence-electron chi connectivity index (χ3n) is 4.52. The van der Waals surface area contributed by atoms with E-state index in [9.17, 15) is 0 Å². The molecule has 0 amide bonds. The van der Waals surface area contributed by atoms with Crippen LogP contribution in [0.1, 0.15) is 16.9 Å². The third-order valence-corrected chi connectivity index (χ3v) is 5.67. The second-order valence-corrected chi connectivity index (χ2v) is 7.58. The van der Waals surface area contributed by atoms with Gasteiger partial charge in [0.1, 0.15) is 5.82 Å². The average Bonchev–Trinajstić information content (AvgIpc) is 3.14. The van der Waals surface area contributed by atoms with E-state index in [1.807, 2.05) is 18.2 Å². The standard InChI is InChI=1S/C24H18N2S/c1-15-6-5-7-17(12-15)21-14-22(26-16(2)25-21)18-10-11-24-20(13-18)19-8-3-4-9-23(19)27-24/h3-14H,1-2H3/i5D,6D,7D,12D. The lowest BCUT2D eigenvalue weighted by Crippen LogP contribution is -1.94. The van der Waals surface area contributed by atoms with Gasteiger partial charge in [0.25, 0.3) is 0 Å². The van der Waals surface area contributed by atoms with Crippen LogP contribution in [0.3, 0.4) is 0 Å². The van der Waals surface area contributed by atoms with Gasteiger partial charge in [-0.25, -0.2) is 9.97 Å². The van der Waals surface area contributed by atoms with Crippen LogP contribution in [0.25, 0.3) is 42.7 Å². The number of fused-ring (bicyclic) bond motifs is 3. The topological polar surface area (TPSA) is 25.8 Å². The van der Waals surface area contributed by atoms with Crippen LogP contribution >= 0.6 is 11.3 Å². The molecule has 0 aliphatic rings. The van der Waals surface area contributed by atoms with Gasteiger partial charge in [0.15, 0.2) is 0 Å². The predicted molar refractivity (Wildman–Crippen MR) is 115 cm³/mol. The largest absolute Gasteiger partial charge is 0.233 e. The Bertz CT molecular complexity index is 1480. The Balaban J connectivity index is 1.73. The van der Waals surface area contributed by atoms with E-state index in [0.29, 0.717) is 22.8 Å². The van der Waals surface area contributed by atoms with Gasteiger partial charge in [-0.15, -0.1) is 11.3 Å². The summed E-state index contributed by atoms with van der Waals surface area (Å²) in [5.41, 5.74) is 2.72. The van der Waals surface area contributed by atoms with Crippen LogP contribution in [0.5, 0.6) is 0 Å². The van der Waals surface area contributed by atoms with Crippen molar-refractivity contribution in [1.29, 1.82) is 0 Å². The van der Waals surface area contributed by atoms with Gasteiger partial charge in [-0.1, -0.05) is 48.0 Å². The van der Waals surface area contributed by atoms with Crippen molar-refractivity contribution < 1.29 is 5.48 Å². The van der Waals surface area contributed by atoms with Gasteiger partial charge in [-0.2, -0.15) is 0 Å². The molecule has 2 aromatic heterocycles. The highest BCUT2D eigenvalue weighted by Crippen LogP contribution is 2.36. The molecule has 0 saturated heterocycles. The van der Waals surface area contributed by atoms with Crippen LogP contribution in [0.2, 0.25) is 0 Å². The van der Waals surface area contributed by atoms with Crippen LogP contribution in [0, 0.1) is 13.8 Å². The summed E-state index contributed by atoms with van der Waals surface area (Å²) in [5, 5.41) is 2.37. The number of thiophene rings is 1. The van der Waals surface area contributed by atoms with Crippen LogP contribution in [-0.4, -0.2) is 9.97 Å². The molecule has 0 aliphatic heterocycles. The lowest BCUT2D eigenvalue weighted by Gasteiger charge is -2.08. The fourth-order valence-corrected chi connectivity index (χ4v) is 4.38. The molecule has 0 atom stereocenters. The maximum absolute atomic E-state index is 8.45. The number of aryl methyl sites for hydroxylation is 1. The quantitative estimate of drug-likeness (QED) is 0.342. The Morgan fingerprint density at radius 2 is 1.59 bits per heavy atom. The Labute approximate surface area is 167 Å². The van der Waals surface area contributed by atoms with Crippen molar-refractivity contribution in [3.63, 3.8) is 0 Å². The zero-order valence-corrected chi connectivity index (χ0v) is 15.7. The SMILES string of the molecule is [2H]c1c([2H])c(C)c([2H])c(-c2cc(-c3ccc4sc5ccccc5c4c3)nc(C)n2)c1[2H]. The molecule has 0 N–H and O–H groups in total. The van der Waals surface area contributed by atoms with Gasteiger partial charge < -0.3 is 0 Å². The van der Waals surface area contributed by atoms with Crippen molar-refractivity contribution in [2.24, 2.45) is 0 Å². The van der Waals surface area contributed by atoms with Gasteiger partial charge in [-0.05, 0) is 44.2 Å². The van der Waals surface area contributed by atoms with Crippen LogP contribution in [0.4, 0.5) is 0 Å². The normalized spacial score (nSPS) is 13.4. The number of nitrogens with zero attached hydrogens (tertiary/aromatic N) is 2. The summed E-state index contributed by atoms with van der Waals surface area (Å²) < 4.78 is 35.3. The fourth-order valence-electron chi connectivity index (χ4n) is 3.29. The summed E-state index contributed by atoms with van der Waals surface area (Å²) >= 11 is 1.76. The summed E-state index contributed by atoms with van der Waals surface area (Å²) in [4.78, 5) is 9.08. The third kappa shape index (κ3) is 2.90. The zero-order valence-electron chi connectivity index (χ0n) is 18.9. The number of hydrogen-bond donors (Lipinski definition) is 0. The molecule has 0 radical (unpaired) electrons. The van der Waals surface area contributed by atoms with Gasteiger partial charge in [-0.3, -0.25) is 0 Å². The van der Waals surface area contributed by atoms with E-state index in [4.69, 9.17) is 5.48 Å². The van der Waals surface area contributed by atoms with E-state index >= 15 is 0 Å². The molecule has 0 spiro atoms. The summed E-state index contributed by atoms with van der Waals surface area (Å²) in [5.74, 6) is 0.528. The Morgan fingerprint density at radius 3 is 2.48 bits per heavy atom. The molecule has 27 heavy (non-hydrogen) atoms. The van der Waals surface area contributed by atoms with E-state index in [0.717, 1.165) is 5.56 Å². The second kappa shape index (κ2) is 6.29. The first-order valence-electron chi connectivity index (χ1n) is 10.7. The minimum atomic E-state index is -0.188. The van der Waals surface area contributed by atoms with Crippen molar-refractivity contribution in [1.82, 2.24) is 9.97 Å². The number of benzene rings is 3. The molecule has 3 aromatic carbocycles. The highest BCUT2D eigenvalue weighted by molar-refractivity contribution is 7.25. The maximum Gasteiger partial charge on any atom is 0.126 e. The minimum Gasteiger partial charge on any atom is -0.233 e. The minimum absolute atomic E-state index is 0.0642. The molecule has 0 aliphatic carbocycles. The van der Waals surface area contributed by atoms with Crippen molar-refractivity contribution in [2.75, 3.05) is 0 Å². The fraction of sp³-hybridized carbons (Fsp3) is 0.0833. The van der Waals surface area contributed by atoms with Crippen LogP contribution < -0.4 is 0 Å². The number of hydrogen-bond acceptors (Lipinski definition) is 3. The van der Waals surface area contributed by atoms with Crippen LogP contribution in [0.15, 0.2) is 72.7 Å². The Morgan fingerprint density at radius 1 is 0.815 bits per heavy atom. The van der Waals surface area contributed by atoms with Crippen LogP contribution in [-0.2, 0) is 0 Å². The monoisotopic (exact) mass is 370 g/mol. The first kappa shape index (κ1) is 12.4. The summed E-state index contributed by atoms with van der Waals surface area (Å²) in [7, 11) is 0. The highest BCUT2D eigenvalue weighted by atomic mass is 32.1. The smallest absolute Gasteiger partial charge is 0.126 e. The lowest BCUT2D eigenvalue weighted by atomic mass is 10.0. The molecule has 0 bridgehead atoms. The van der Waals surface area contributed by atoms with Crippen molar-refractivity contribution in [2.45, 2.75) is 13.8 Å². The van der Waals surface area contributed by atoms with Gasteiger partial charge in [0.05, 0.1) is 16.9 Å². The Kier molecular flexibility index (Phi) is 2.88. The molecular formula is C24H18N2S. The van der Waals surface area contributed by atoms with E-state index in [1.165, 1.54) is 20.2 Å². The zero-order chi connectivity index (χ0) is 21.9.